The van der Waals surface area contributed by atoms with E-state index in [0.717, 1.165) is 43.3 Å². The van der Waals surface area contributed by atoms with E-state index in [4.69, 9.17) is 38.4 Å². The predicted molar refractivity (Wildman–Crippen MR) is 245 cm³/mol. The number of nitrogens with one attached hydrogen (secondary N) is 2. The first kappa shape index (κ1) is 46.4. The van der Waals surface area contributed by atoms with Crippen LogP contribution >= 0.6 is 23.2 Å². The molecule has 4 aromatic carbocycles. The smallest absolute Gasteiger partial charge is 0.311 e. The molecule has 2 unspecified atom stereocenters. The van der Waals surface area contributed by atoms with Gasteiger partial charge in [0, 0.05) is 52.0 Å². The zero-order valence-electron chi connectivity index (χ0n) is 35.8. The number of nitro benzene ring substituents is 1. The first-order valence-corrected chi connectivity index (χ1v) is 22.1. The molecule has 0 radical (unpaired) electrons. The molecule has 0 bridgehead atoms. The zero-order chi connectivity index (χ0) is 44.8. The van der Waals surface area contributed by atoms with Gasteiger partial charge < -0.3 is 35.6 Å². The van der Waals surface area contributed by atoms with Crippen LogP contribution in [0, 0.1) is 44.4 Å². The summed E-state index contributed by atoms with van der Waals surface area (Å²) in [6.07, 6.45) is 9.98. The SMILES string of the molecule is CN1CCC2(CC1)CC2COc1cc2ncnc(Nc3ccc(F)c(Cl)c3)c2cc1N.CN1CCC2(CC1)CC2COc1cc2ncnc(Nc3ccc(F)c(Cl)c3)c2cc1[N+](=O)[O-].[Fe]. The molecule has 65 heavy (non-hydrogen) atoms. The molecule has 2 aromatic heterocycles. The first-order valence-electron chi connectivity index (χ1n) is 21.3. The van der Waals surface area contributed by atoms with Crippen LogP contribution in [0.4, 0.5) is 43.2 Å². The van der Waals surface area contributed by atoms with Crippen LogP contribution in [0.15, 0.2) is 73.3 Å². The van der Waals surface area contributed by atoms with Gasteiger partial charge in [0.05, 0.1) is 50.3 Å². The number of fused-ring (bicyclic) bond motifs is 2. The fraction of sp³-hybridized carbons (Fsp3) is 0.391. The van der Waals surface area contributed by atoms with E-state index in [1.165, 1.54) is 81.4 Å². The molecule has 2 aliphatic heterocycles. The number of nitrogens with zero attached hydrogens (tertiary/aromatic N) is 7. The third-order valence-corrected chi connectivity index (χ3v) is 14.2. The number of likely N-dealkylation sites (tertiary alicyclic amines) is 2. The van der Waals surface area contributed by atoms with E-state index in [9.17, 15) is 18.9 Å². The van der Waals surface area contributed by atoms with Gasteiger partial charge in [-0.3, -0.25) is 10.1 Å². The van der Waals surface area contributed by atoms with Crippen LogP contribution in [0.3, 0.4) is 0 Å². The Balaban J connectivity index is 0.000000175. The predicted octanol–water partition coefficient (Wildman–Crippen LogP) is 10.0. The number of rotatable bonds is 11. The molecule has 2 saturated heterocycles. The summed E-state index contributed by atoms with van der Waals surface area (Å²) in [5.41, 5.74) is 9.85. The fourth-order valence-electron chi connectivity index (χ4n) is 9.25. The number of nitrogen functional groups attached to an aromatic ring is 1. The molecule has 4 aliphatic rings. The quantitative estimate of drug-likeness (QED) is 0.0486. The second-order valence-corrected chi connectivity index (χ2v) is 18.5. The fourth-order valence-corrected chi connectivity index (χ4v) is 9.61. The molecule has 4 heterocycles. The van der Waals surface area contributed by atoms with Crippen molar-refractivity contribution in [2.45, 2.75) is 38.5 Å². The molecule has 2 saturated carbocycles. The standard InChI is InChI=1S/C23H23ClFN5O3.C23H25ClFN5O.Fe/c1-29-6-4-23(5-7-29)11-14(23)12-33-21-10-19-16(9-20(21)30(31)32)22(27-13-26-19)28-15-2-3-18(25)17(24)8-15;1-30-6-4-23(5-7-30)11-14(23)12-31-21-10-20-16(9-19(21)26)22(28-13-27-20)29-15-2-3-18(25)17(24)8-15;/h2-3,8-10,13-14H,4-7,11-12H2,1H3,(H,26,27,28);2-3,8-10,13-14H,4-7,11-12,26H2,1H3,(H,27,28,29);. The van der Waals surface area contributed by atoms with Crippen LogP contribution in [0.1, 0.15) is 38.5 Å². The Morgan fingerprint density at radius 3 is 1.63 bits per heavy atom. The summed E-state index contributed by atoms with van der Waals surface area (Å²) in [4.78, 5) is 33.2. The van der Waals surface area contributed by atoms with Crippen molar-refractivity contribution in [3.63, 3.8) is 0 Å². The first-order chi connectivity index (χ1) is 30.8. The zero-order valence-corrected chi connectivity index (χ0v) is 38.4. The summed E-state index contributed by atoms with van der Waals surface area (Å²) < 4.78 is 39.0. The minimum absolute atomic E-state index is 0. The van der Waals surface area contributed by atoms with Gasteiger partial charge in [0.15, 0.2) is 5.75 Å². The van der Waals surface area contributed by atoms with Crippen molar-refractivity contribution in [1.82, 2.24) is 29.7 Å². The van der Waals surface area contributed by atoms with Crippen molar-refractivity contribution in [3.8, 4) is 11.5 Å². The summed E-state index contributed by atoms with van der Waals surface area (Å²) >= 11 is 11.7. The Hall–Kier alpha value is -5.16. The molecule has 2 aliphatic carbocycles. The number of anilines is 5. The number of hydrogen-bond acceptors (Lipinski definition) is 13. The average molecular weight is 970 g/mol. The minimum atomic E-state index is -0.537. The molecule has 0 amide bonds. The Morgan fingerprint density at radius 2 is 1.17 bits per heavy atom. The van der Waals surface area contributed by atoms with Crippen LogP contribution in [-0.4, -0.2) is 88.1 Å². The van der Waals surface area contributed by atoms with E-state index >= 15 is 0 Å². The van der Waals surface area contributed by atoms with Gasteiger partial charge in [-0.25, -0.2) is 28.7 Å². The van der Waals surface area contributed by atoms with Crippen LogP contribution < -0.4 is 25.8 Å². The minimum Gasteiger partial charge on any atom is -0.491 e. The van der Waals surface area contributed by atoms with E-state index < -0.39 is 16.6 Å². The van der Waals surface area contributed by atoms with Crippen molar-refractivity contribution in [3.05, 3.63) is 105 Å². The topological polar surface area (TPSA) is 170 Å². The number of hydrogen-bond donors (Lipinski definition) is 3. The van der Waals surface area contributed by atoms with Gasteiger partial charge in [-0.15, -0.1) is 0 Å². The van der Waals surface area contributed by atoms with Crippen molar-refractivity contribution < 1.29 is 40.2 Å². The van der Waals surface area contributed by atoms with Crippen molar-refractivity contribution >= 4 is 79.4 Å². The summed E-state index contributed by atoms with van der Waals surface area (Å²) in [6.45, 7) is 5.64. The van der Waals surface area contributed by atoms with Crippen LogP contribution in [0.2, 0.25) is 10.0 Å². The van der Waals surface area contributed by atoms with E-state index in [0.29, 0.717) is 81.2 Å². The van der Waals surface area contributed by atoms with E-state index in [2.05, 4.69) is 54.5 Å². The third kappa shape index (κ3) is 10.2. The Bertz CT molecular complexity index is 2740. The second-order valence-electron chi connectivity index (χ2n) is 17.7. The number of benzene rings is 4. The molecule has 342 valence electrons. The summed E-state index contributed by atoms with van der Waals surface area (Å²) in [6, 6.07) is 15.3. The third-order valence-electron chi connectivity index (χ3n) is 13.6. The molecule has 19 heteroatoms. The maximum atomic E-state index is 13.5. The van der Waals surface area contributed by atoms with Crippen molar-refractivity contribution in [2.75, 3.05) is 69.9 Å². The van der Waals surface area contributed by atoms with Crippen LogP contribution in [-0.2, 0) is 17.1 Å². The molecule has 10 rings (SSSR count). The van der Waals surface area contributed by atoms with Gasteiger partial charge in [-0.2, -0.15) is 0 Å². The van der Waals surface area contributed by atoms with Gasteiger partial charge in [0.1, 0.15) is 41.7 Å². The number of ether oxygens (including phenoxy) is 2. The number of aromatic nitrogens is 4. The van der Waals surface area contributed by atoms with E-state index in [1.54, 1.807) is 12.1 Å². The molecule has 6 aromatic rings. The molecular formula is C46H48Cl2F2FeN10O4. The summed E-state index contributed by atoms with van der Waals surface area (Å²) in [5, 5.41) is 19.2. The van der Waals surface area contributed by atoms with Gasteiger partial charge in [0.2, 0.25) is 0 Å². The summed E-state index contributed by atoms with van der Waals surface area (Å²) in [5.74, 6) is 1.79. The van der Waals surface area contributed by atoms with Gasteiger partial charge in [-0.05, 0) is 144 Å². The number of nitro groups is 1. The average Bonchev–Trinajstić information content (AvgIpc) is 4.18. The van der Waals surface area contributed by atoms with E-state index in [1.807, 2.05) is 12.1 Å². The van der Waals surface area contributed by atoms with Crippen molar-refractivity contribution in [1.29, 1.82) is 0 Å². The van der Waals surface area contributed by atoms with Crippen molar-refractivity contribution in [2.24, 2.45) is 22.7 Å². The molecule has 4 N–H and O–H groups in total. The number of piperidine rings is 2. The Labute approximate surface area is 395 Å². The maximum Gasteiger partial charge on any atom is 0.311 e. The molecule has 14 nitrogen and oxygen atoms in total. The Morgan fingerprint density at radius 1 is 0.723 bits per heavy atom. The van der Waals surface area contributed by atoms with Crippen LogP contribution in [0.25, 0.3) is 21.8 Å². The molecule has 2 spiro atoms. The largest absolute Gasteiger partial charge is 0.491 e. The second kappa shape index (κ2) is 19.0. The molecular weight excluding hydrogens is 921 g/mol. The normalized spacial score (nSPS) is 19.5. The number of halogens is 4. The van der Waals surface area contributed by atoms with Gasteiger partial charge >= 0.3 is 5.69 Å². The molecule has 2 atom stereocenters. The van der Waals surface area contributed by atoms with Gasteiger partial charge in [0.25, 0.3) is 0 Å². The summed E-state index contributed by atoms with van der Waals surface area (Å²) in [7, 11) is 4.32. The Kier molecular flexibility index (Phi) is 13.5. The maximum absolute atomic E-state index is 13.5. The molecule has 4 fully saturated rings. The van der Waals surface area contributed by atoms with Crippen LogP contribution in [0.5, 0.6) is 11.5 Å². The number of nitrogens with two attached hydrogens (primary N) is 1. The van der Waals surface area contributed by atoms with E-state index in [-0.39, 0.29) is 38.6 Å². The monoisotopic (exact) mass is 968 g/mol. The van der Waals surface area contributed by atoms with Gasteiger partial charge in [-0.1, -0.05) is 23.2 Å².